The Bertz CT molecular complexity index is 1290. The lowest BCUT2D eigenvalue weighted by molar-refractivity contribution is -0.936. The summed E-state index contributed by atoms with van der Waals surface area (Å²) >= 11 is 0. The van der Waals surface area contributed by atoms with Gasteiger partial charge in [0, 0.05) is 17.4 Å². The fourth-order valence-corrected chi connectivity index (χ4v) is 5.09. The molecule has 0 fully saturated rings. The molecule has 0 aliphatic carbocycles. The second-order valence-corrected chi connectivity index (χ2v) is 10.7. The average Bonchev–Trinajstić information content (AvgIpc) is 2.90. The number of benzene rings is 4. The van der Waals surface area contributed by atoms with E-state index in [4.69, 9.17) is 13.8 Å². The summed E-state index contributed by atoms with van der Waals surface area (Å²) in [7, 11) is -0.581. The fourth-order valence-electron chi connectivity index (χ4n) is 4.27. The van der Waals surface area contributed by atoms with Crippen LogP contribution in [0.5, 0.6) is 5.75 Å². The first kappa shape index (κ1) is 26.1. The molecule has 4 aromatic carbocycles. The number of phosphoric acid groups is 1. The van der Waals surface area contributed by atoms with Gasteiger partial charge in [0.05, 0.1) is 27.3 Å². The summed E-state index contributed by atoms with van der Waals surface area (Å²) in [5.41, 5.74) is 1.84. The van der Waals surface area contributed by atoms with Crippen LogP contribution in [-0.4, -0.2) is 31.9 Å². The Hall–Kier alpha value is -2.99. The van der Waals surface area contributed by atoms with E-state index in [2.05, 4.69) is 18.2 Å². The van der Waals surface area contributed by atoms with Gasteiger partial charge in [0.15, 0.2) is 6.73 Å². The quantitative estimate of drug-likeness (QED) is 0.133. The molecule has 0 aliphatic heterocycles. The highest BCUT2D eigenvalue weighted by Crippen LogP contribution is 2.41. The molecule has 0 saturated carbocycles. The van der Waals surface area contributed by atoms with Gasteiger partial charge in [-0.1, -0.05) is 97.1 Å². The maximum absolute atomic E-state index is 12.5. The maximum Gasteiger partial charge on any atom is 0.272 e. The van der Waals surface area contributed by atoms with E-state index in [9.17, 15) is 9.46 Å². The number of ether oxygens (including phenoxy) is 1. The number of phosphoric ester groups is 1. The Labute approximate surface area is 212 Å². The van der Waals surface area contributed by atoms with Crippen molar-refractivity contribution in [3.63, 3.8) is 0 Å². The van der Waals surface area contributed by atoms with E-state index in [0.717, 1.165) is 27.6 Å². The molecule has 6 nitrogen and oxygen atoms in total. The largest absolute Gasteiger partial charge is 0.756 e. The summed E-state index contributed by atoms with van der Waals surface area (Å²) in [4.78, 5) is 12.5. The minimum Gasteiger partial charge on any atom is -0.756 e. The van der Waals surface area contributed by atoms with Crippen molar-refractivity contribution < 1.29 is 27.7 Å². The van der Waals surface area contributed by atoms with Gasteiger partial charge in [-0.2, -0.15) is 0 Å². The number of hydrogen-bond donors (Lipinski definition) is 0. The van der Waals surface area contributed by atoms with Gasteiger partial charge in [-0.05, 0) is 17.0 Å². The van der Waals surface area contributed by atoms with E-state index in [-0.39, 0.29) is 23.9 Å². The Kier molecular flexibility index (Phi) is 8.57. The Balaban J connectivity index is 1.42. The molecule has 0 amide bonds. The highest BCUT2D eigenvalue weighted by molar-refractivity contribution is 7.45. The van der Waals surface area contributed by atoms with Gasteiger partial charge in [0.25, 0.3) is 7.82 Å². The van der Waals surface area contributed by atoms with Crippen LogP contribution in [-0.2, 0) is 20.2 Å². The van der Waals surface area contributed by atoms with Crippen LogP contribution in [0.1, 0.15) is 23.6 Å². The van der Waals surface area contributed by atoms with Crippen LogP contribution in [0.2, 0.25) is 0 Å². The van der Waals surface area contributed by atoms with E-state index in [1.807, 2.05) is 86.9 Å². The molecular weight excluding hydrogens is 473 g/mol. The lowest BCUT2D eigenvalue weighted by Crippen LogP contribution is -2.45. The third-order valence-corrected chi connectivity index (χ3v) is 7.08. The second-order valence-electron chi connectivity index (χ2n) is 9.28. The van der Waals surface area contributed by atoms with Crippen molar-refractivity contribution in [2.24, 2.45) is 0 Å². The lowest BCUT2D eigenvalue weighted by atomic mass is 10.0. The fraction of sp³-hybridized carbons (Fsp3) is 0.241. The van der Waals surface area contributed by atoms with E-state index < -0.39 is 7.82 Å². The third-order valence-electron chi connectivity index (χ3n) is 6.21. The van der Waals surface area contributed by atoms with Crippen LogP contribution in [0.25, 0.3) is 10.8 Å². The topological polar surface area (TPSA) is 67.8 Å². The van der Waals surface area contributed by atoms with Crippen molar-refractivity contribution in [1.82, 2.24) is 0 Å². The van der Waals surface area contributed by atoms with Crippen LogP contribution < -0.4 is 9.63 Å². The van der Waals surface area contributed by atoms with E-state index in [1.54, 1.807) is 12.1 Å². The summed E-state index contributed by atoms with van der Waals surface area (Å²) in [6.07, 6.45) is 0.664. The molecule has 0 aromatic heterocycles. The van der Waals surface area contributed by atoms with Crippen molar-refractivity contribution in [1.29, 1.82) is 0 Å². The van der Waals surface area contributed by atoms with Crippen LogP contribution in [0.3, 0.4) is 0 Å². The van der Waals surface area contributed by atoms with Gasteiger partial charge < -0.3 is 14.2 Å². The summed E-state index contributed by atoms with van der Waals surface area (Å²) in [5.74, 6) is 0.833. The van der Waals surface area contributed by atoms with Gasteiger partial charge in [-0.25, -0.2) is 0 Å². The molecule has 0 N–H and O–H groups in total. The number of fused-ring (bicyclic) bond motifs is 1. The van der Waals surface area contributed by atoms with E-state index >= 15 is 0 Å². The molecule has 4 rings (SSSR count). The normalized spacial score (nSPS) is 14.3. The zero-order valence-electron chi connectivity index (χ0n) is 20.7. The lowest BCUT2D eigenvalue weighted by Gasteiger charge is -2.39. The molecule has 4 aromatic rings. The van der Waals surface area contributed by atoms with Gasteiger partial charge in [0.1, 0.15) is 11.8 Å². The molecule has 36 heavy (non-hydrogen) atoms. The molecular formula is C29H32NO5P. The zero-order valence-corrected chi connectivity index (χ0v) is 21.6. The highest BCUT2D eigenvalue weighted by Gasteiger charge is 2.31. The van der Waals surface area contributed by atoms with Crippen LogP contribution in [0, 0.1) is 0 Å². The van der Waals surface area contributed by atoms with Crippen LogP contribution in [0.15, 0.2) is 103 Å². The SMILES string of the molecule is C[N+](C)(COP(=O)([O-])OCc1ccccc1)[C@@H](CCOc1cccc2ccccc12)c1ccccc1. The van der Waals surface area contributed by atoms with Crippen LogP contribution >= 0.6 is 7.82 Å². The molecule has 0 saturated heterocycles. The average molecular weight is 506 g/mol. The Morgan fingerprint density at radius 2 is 1.44 bits per heavy atom. The molecule has 0 spiro atoms. The van der Waals surface area contributed by atoms with E-state index in [0.29, 0.717) is 13.0 Å². The predicted molar refractivity (Wildman–Crippen MR) is 140 cm³/mol. The van der Waals surface area contributed by atoms with Crippen molar-refractivity contribution in [3.05, 3.63) is 114 Å². The van der Waals surface area contributed by atoms with Crippen molar-refractivity contribution in [2.75, 3.05) is 27.4 Å². The number of quaternary nitrogens is 1. The maximum atomic E-state index is 12.5. The smallest absolute Gasteiger partial charge is 0.272 e. The summed E-state index contributed by atoms with van der Waals surface area (Å²) < 4.78 is 29.4. The molecule has 0 bridgehead atoms. The van der Waals surface area contributed by atoms with E-state index in [1.165, 1.54) is 0 Å². The molecule has 7 heteroatoms. The minimum atomic E-state index is -4.48. The Morgan fingerprint density at radius 1 is 0.806 bits per heavy atom. The Morgan fingerprint density at radius 3 is 2.19 bits per heavy atom. The monoisotopic (exact) mass is 505 g/mol. The van der Waals surface area contributed by atoms with Gasteiger partial charge in [-0.15, -0.1) is 0 Å². The number of nitrogens with zero attached hydrogens (tertiary/aromatic N) is 1. The highest BCUT2D eigenvalue weighted by atomic mass is 31.2. The van der Waals surface area contributed by atoms with Gasteiger partial charge in [-0.3, -0.25) is 13.6 Å². The molecule has 0 aliphatic rings. The number of rotatable bonds is 12. The summed E-state index contributed by atoms with van der Waals surface area (Å²) in [6.45, 7) is 0.341. The van der Waals surface area contributed by atoms with Gasteiger partial charge >= 0.3 is 0 Å². The summed E-state index contributed by atoms with van der Waals surface area (Å²) in [6, 6.07) is 33.3. The molecule has 1 unspecified atom stereocenters. The standard InChI is InChI=1S/C29H32NO5P/c1-30(2,23-35-36(31,32)34-22-24-12-5-3-6-13-24)28(26-15-7-4-8-16-26)20-21-33-29-19-11-17-25-14-9-10-18-27(25)29/h3-19,28H,20-23H2,1-2H3/t28-/m0/s1. The molecule has 0 radical (unpaired) electrons. The zero-order chi connectivity index (χ0) is 25.4. The number of hydrogen-bond acceptors (Lipinski definition) is 5. The first-order valence-corrected chi connectivity index (χ1v) is 13.4. The van der Waals surface area contributed by atoms with Crippen molar-refractivity contribution in [3.8, 4) is 5.75 Å². The van der Waals surface area contributed by atoms with Crippen molar-refractivity contribution in [2.45, 2.75) is 19.1 Å². The third kappa shape index (κ3) is 7.03. The second kappa shape index (κ2) is 11.8. The van der Waals surface area contributed by atoms with Crippen molar-refractivity contribution >= 4 is 18.6 Å². The first-order chi connectivity index (χ1) is 17.3. The predicted octanol–water partition coefficient (Wildman–Crippen LogP) is 6.09. The minimum absolute atomic E-state index is 0.0595. The molecule has 0 heterocycles. The summed E-state index contributed by atoms with van der Waals surface area (Å²) in [5, 5.41) is 2.19. The van der Waals surface area contributed by atoms with Crippen LogP contribution in [0.4, 0.5) is 0 Å². The first-order valence-electron chi connectivity index (χ1n) is 12.0. The van der Waals surface area contributed by atoms with Gasteiger partial charge in [0.2, 0.25) is 0 Å². The molecule has 2 atom stereocenters. The molecule has 188 valence electrons.